The van der Waals surface area contributed by atoms with Crippen LogP contribution in [0.15, 0.2) is 21.5 Å². The van der Waals surface area contributed by atoms with Gasteiger partial charge in [-0.2, -0.15) is 5.10 Å². The quantitative estimate of drug-likeness (QED) is 0.155. The van der Waals surface area contributed by atoms with E-state index >= 15 is 0 Å². The summed E-state index contributed by atoms with van der Waals surface area (Å²) in [6.45, 7) is 4.17. The summed E-state index contributed by atoms with van der Waals surface area (Å²) in [5.74, 6) is 3.01. The van der Waals surface area contributed by atoms with Gasteiger partial charge in [0.15, 0.2) is 5.84 Å². The molecule has 6 nitrogen and oxygen atoms in total. The summed E-state index contributed by atoms with van der Waals surface area (Å²) < 4.78 is 26.8. The molecule has 4 fully saturated rings. The molecular formula is C23H36F2N4O2. The maximum atomic E-state index is 13.4. The number of rotatable bonds is 4. The molecule has 0 heterocycles. The first kappa shape index (κ1) is 22.6. The minimum Gasteiger partial charge on any atom is -0.510 e. The SMILES string of the molecule is C/C(N=N)=N/NC/C(O)=C1/CC[C@H]2[C@@H]3CC[C@@H]4C[C@@](O)(C(F)F)CC[C@@H]4[C@H]3CC[C@]12C. The fourth-order valence-electron chi connectivity index (χ4n) is 7.76. The van der Waals surface area contributed by atoms with Crippen LogP contribution >= 0.6 is 0 Å². The molecule has 0 aliphatic heterocycles. The molecule has 0 unspecified atom stereocenters. The van der Waals surface area contributed by atoms with E-state index in [1.807, 2.05) is 0 Å². The number of alkyl halides is 2. The molecule has 0 spiro atoms. The van der Waals surface area contributed by atoms with Crippen LogP contribution in [0.25, 0.3) is 0 Å². The monoisotopic (exact) mass is 438 g/mol. The summed E-state index contributed by atoms with van der Waals surface area (Å²) in [6, 6.07) is 0. The third kappa shape index (κ3) is 3.89. The zero-order valence-corrected chi connectivity index (χ0v) is 18.6. The Morgan fingerprint density at radius 1 is 1.16 bits per heavy atom. The van der Waals surface area contributed by atoms with Crippen LogP contribution in [-0.2, 0) is 0 Å². The van der Waals surface area contributed by atoms with E-state index in [4.69, 9.17) is 5.53 Å². The van der Waals surface area contributed by atoms with Crippen LogP contribution in [0.2, 0.25) is 0 Å². The largest absolute Gasteiger partial charge is 0.510 e. The van der Waals surface area contributed by atoms with Gasteiger partial charge in [-0.05, 0) is 105 Å². The molecule has 0 saturated heterocycles. The van der Waals surface area contributed by atoms with Gasteiger partial charge < -0.3 is 15.6 Å². The lowest BCUT2D eigenvalue weighted by molar-refractivity contribution is -0.157. The van der Waals surface area contributed by atoms with Gasteiger partial charge in [0.1, 0.15) is 11.4 Å². The van der Waals surface area contributed by atoms with Crippen LogP contribution in [0.5, 0.6) is 0 Å². The van der Waals surface area contributed by atoms with Gasteiger partial charge in [-0.15, -0.1) is 5.11 Å². The highest BCUT2D eigenvalue weighted by molar-refractivity contribution is 5.79. The van der Waals surface area contributed by atoms with Crippen molar-refractivity contribution in [3.8, 4) is 0 Å². The predicted octanol–water partition coefficient (Wildman–Crippen LogP) is 5.40. The van der Waals surface area contributed by atoms with E-state index in [0.29, 0.717) is 41.7 Å². The number of halogens is 2. The Hall–Kier alpha value is -1.57. The predicted molar refractivity (Wildman–Crippen MR) is 114 cm³/mol. The minimum absolute atomic E-state index is 0.0172. The van der Waals surface area contributed by atoms with Crippen LogP contribution < -0.4 is 5.43 Å². The van der Waals surface area contributed by atoms with Crippen molar-refractivity contribution in [3.05, 3.63) is 11.3 Å². The van der Waals surface area contributed by atoms with Crippen LogP contribution in [0.1, 0.15) is 71.6 Å². The maximum Gasteiger partial charge on any atom is 0.266 e. The third-order valence-corrected chi connectivity index (χ3v) is 9.23. The van der Waals surface area contributed by atoms with Gasteiger partial charge in [0.2, 0.25) is 0 Å². The summed E-state index contributed by atoms with van der Waals surface area (Å²) in [5, 5.41) is 28.4. The van der Waals surface area contributed by atoms with Crippen molar-refractivity contribution in [2.45, 2.75) is 83.7 Å². The van der Waals surface area contributed by atoms with E-state index in [1.54, 1.807) is 6.92 Å². The highest BCUT2D eigenvalue weighted by Gasteiger charge is 2.57. The summed E-state index contributed by atoms with van der Waals surface area (Å²) in [5.41, 5.74) is 9.09. The Kier molecular flexibility index (Phi) is 6.14. The standard InChI is InChI=1S/C23H36F2N4O2/c1-13(28-26)29-27-12-20(30)19-6-5-18-17-4-3-14-11-23(31,21(24)25)10-8-15(14)16(17)7-9-22(18,19)2/h14-18,21,26-27,30-31H,3-12H2,1-2H3/b20-19+,28-26?,29-13-/t14-,15+,16-,17-,18+,22+,23-/m1/s1. The average molecular weight is 439 g/mol. The number of hydrogen-bond donors (Lipinski definition) is 4. The number of hydrogen-bond acceptors (Lipinski definition) is 5. The maximum absolute atomic E-state index is 13.4. The molecule has 4 aliphatic rings. The Morgan fingerprint density at radius 3 is 2.61 bits per heavy atom. The van der Waals surface area contributed by atoms with Crippen molar-refractivity contribution < 1.29 is 19.0 Å². The van der Waals surface area contributed by atoms with E-state index in [0.717, 1.165) is 44.1 Å². The van der Waals surface area contributed by atoms with E-state index in [-0.39, 0.29) is 30.7 Å². The van der Waals surface area contributed by atoms with Crippen LogP contribution in [0.3, 0.4) is 0 Å². The molecule has 8 heteroatoms. The molecule has 4 saturated carbocycles. The number of allylic oxidation sites excluding steroid dienone is 1. The average Bonchev–Trinajstić information content (AvgIpc) is 3.10. The lowest BCUT2D eigenvalue weighted by Crippen LogP contribution is -2.52. The fourth-order valence-corrected chi connectivity index (χ4v) is 7.76. The number of nitrogens with zero attached hydrogens (tertiary/aromatic N) is 2. The van der Waals surface area contributed by atoms with Crippen molar-refractivity contribution in [3.63, 3.8) is 0 Å². The Balaban J connectivity index is 1.47. The summed E-state index contributed by atoms with van der Waals surface area (Å²) in [7, 11) is 0. The molecule has 31 heavy (non-hydrogen) atoms. The summed E-state index contributed by atoms with van der Waals surface area (Å²) in [6.07, 6.45) is 4.58. The van der Waals surface area contributed by atoms with Gasteiger partial charge in [0.25, 0.3) is 6.43 Å². The van der Waals surface area contributed by atoms with E-state index in [2.05, 4.69) is 22.6 Å². The van der Waals surface area contributed by atoms with Crippen molar-refractivity contribution in [2.75, 3.05) is 6.54 Å². The normalized spacial score (nSPS) is 44.3. The van der Waals surface area contributed by atoms with Crippen molar-refractivity contribution in [1.82, 2.24) is 5.43 Å². The Morgan fingerprint density at radius 2 is 1.90 bits per heavy atom. The molecule has 0 bridgehead atoms. The second-order valence-corrected chi connectivity index (χ2v) is 10.6. The van der Waals surface area contributed by atoms with Gasteiger partial charge in [-0.25, -0.2) is 14.3 Å². The first-order valence-electron chi connectivity index (χ1n) is 11.8. The van der Waals surface area contributed by atoms with Gasteiger partial charge in [-0.1, -0.05) is 6.92 Å². The zero-order valence-electron chi connectivity index (χ0n) is 18.6. The van der Waals surface area contributed by atoms with E-state index in [1.165, 1.54) is 0 Å². The van der Waals surface area contributed by atoms with Gasteiger partial charge in [0, 0.05) is 0 Å². The second-order valence-electron chi connectivity index (χ2n) is 10.6. The molecule has 4 rings (SSSR count). The molecule has 0 aromatic rings. The topological polar surface area (TPSA) is 101 Å². The third-order valence-electron chi connectivity index (χ3n) is 9.23. The zero-order chi connectivity index (χ0) is 22.4. The van der Waals surface area contributed by atoms with Crippen LogP contribution in [0.4, 0.5) is 8.78 Å². The molecule has 0 aromatic carbocycles. The van der Waals surface area contributed by atoms with Gasteiger partial charge in [0.05, 0.1) is 6.54 Å². The number of aliphatic hydroxyl groups is 2. The first-order valence-corrected chi connectivity index (χ1v) is 11.8. The second kappa shape index (κ2) is 8.41. The summed E-state index contributed by atoms with van der Waals surface area (Å²) in [4.78, 5) is 0. The van der Waals surface area contributed by atoms with Crippen LogP contribution in [-0.4, -0.2) is 34.6 Å². The smallest absolute Gasteiger partial charge is 0.266 e. The molecule has 4 N–H and O–H groups in total. The van der Waals surface area contributed by atoms with Crippen molar-refractivity contribution in [1.29, 1.82) is 5.53 Å². The highest BCUT2D eigenvalue weighted by Crippen LogP contribution is 2.65. The highest BCUT2D eigenvalue weighted by atomic mass is 19.3. The van der Waals surface area contributed by atoms with Crippen LogP contribution in [0, 0.1) is 40.5 Å². The van der Waals surface area contributed by atoms with Gasteiger partial charge >= 0.3 is 0 Å². The number of hydrazone groups is 1. The first-order chi connectivity index (χ1) is 14.7. The van der Waals surface area contributed by atoms with E-state index < -0.39 is 12.0 Å². The molecule has 0 aromatic heterocycles. The number of nitrogens with one attached hydrogen (secondary N) is 2. The Labute approximate surface area is 183 Å². The van der Waals surface area contributed by atoms with Gasteiger partial charge in [-0.3, -0.25) is 0 Å². The van der Waals surface area contributed by atoms with E-state index in [9.17, 15) is 19.0 Å². The lowest BCUT2D eigenvalue weighted by Gasteiger charge is -2.56. The van der Waals surface area contributed by atoms with Crippen molar-refractivity contribution in [2.24, 2.45) is 45.2 Å². The summed E-state index contributed by atoms with van der Waals surface area (Å²) >= 11 is 0. The van der Waals surface area contributed by atoms with Crippen molar-refractivity contribution >= 4 is 5.84 Å². The molecule has 4 aliphatic carbocycles. The molecule has 0 radical (unpaired) electrons. The number of aliphatic hydroxyl groups excluding tert-OH is 1. The number of amidine groups is 1. The number of fused-ring (bicyclic) bond motifs is 5. The molecule has 174 valence electrons. The Bertz CT molecular complexity index is 773. The minimum atomic E-state index is -2.65. The fraction of sp³-hybridized carbons (Fsp3) is 0.870. The molecule has 0 amide bonds. The molecular weight excluding hydrogens is 402 g/mol. The molecule has 7 atom stereocenters. The lowest BCUT2D eigenvalue weighted by atomic mass is 9.49.